The summed E-state index contributed by atoms with van der Waals surface area (Å²) in [6.45, 7) is 6.47. The number of nitrogens with two attached hydrogens (primary N) is 1. The highest BCUT2D eigenvalue weighted by atomic mass is 16.6. The molecule has 1 fully saturated rings. The van der Waals surface area contributed by atoms with Gasteiger partial charge in [-0.25, -0.2) is 4.79 Å². The monoisotopic (exact) mass is 333 g/mol. The van der Waals surface area contributed by atoms with Crippen LogP contribution >= 0.6 is 0 Å². The molecule has 1 aromatic carbocycles. The number of carbonyl (C=O) groups excluding carboxylic acids is 2. The van der Waals surface area contributed by atoms with Crippen LogP contribution < -0.4 is 5.73 Å². The standard InChI is InChI=1S/C18H27N3O3/c1-3-20(18(23)24-13-15-7-5-4-6-8-15)11-16-9-10-21(12-16)17(22)14(2)19/h4-8,14,16H,3,9-13,19H2,1-2H3/t14-,16+/m0/s1. The molecule has 2 N–H and O–H groups in total. The molecule has 1 saturated heterocycles. The average Bonchev–Trinajstić information content (AvgIpc) is 3.06. The van der Waals surface area contributed by atoms with Crippen molar-refractivity contribution >= 4 is 12.0 Å². The van der Waals surface area contributed by atoms with Gasteiger partial charge in [0.1, 0.15) is 6.61 Å². The van der Waals surface area contributed by atoms with Crippen molar-refractivity contribution in [3.8, 4) is 0 Å². The maximum atomic E-state index is 12.3. The second-order valence-corrected chi connectivity index (χ2v) is 6.31. The fraction of sp³-hybridized carbons (Fsp3) is 0.556. The first kappa shape index (κ1) is 18.3. The Balaban J connectivity index is 1.81. The van der Waals surface area contributed by atoms with Gasteiger partial charge in [-0.05, 0) is 31.7 Å². The van der Waals surface area contributed by atoms with E-state index in [-0.39, 0.29) is 24.5 Å². The smallest absolute Gasteiger partial charge is 0.410 e. The summed E-state index contributed by atoms with van der Waals surface area (Å²) in [7, 11) is 0. The minimum absolute atomic E-state index is 0.0211. The van der Waals surface area contributed by atoms with Crippen molar-refractivity contribution in [3.05, 3.63) is 35.9 Å². The van der Waals surface area contributed by atoms with Crippen LogP contribution in [-0.2, 0) is 16.1 Å². The fourth-order valence-corrected chi connectivity index (χ4v) is 2.92. The minimum atomic E-state index is -0.470. The molecule has 1 heterocycles. The zero-order valence-corrected chi connectivity index (χ0v) is 14.5. The predicted octanol–water partition coefficient (Wildman–Crippen LogP) is 1.84. The van der Waals surface area contributed by atoms with E-state index in [1.807, 2.05) is 37.3 Å². The normalized spacial score (nSPS) is 18.3. The molecule has 0 unspecified atom stereocenters. The molecular formula is C18H27N3O3. The fourth-order valence-electron chi connectivity index (χ4n) is 2.92. The van der Waals surface area contributed by atoms with E-state index in [1.54, 1.807) is 16.7 Å². The van der Waals surface area contributed by atoms with Crippen LogP contribution in [0.3, 0.4) is 0 Å². The molecule has 0 aromatic heterocycles. The van der Waals surface area contributed by atoms with Gasteiger partial charge < -0.3 is 20.3 Å². The van der Waals surface area contributed by atoms with Crippen molar-refractivity contribution < 1.29 is 14.3 Å². The molecule has 0 radical (unpaired) electrons. The zero-order valence-electron chi connectivity index (χ0n) is 14.5. The lowest BCUT2D eigenvalue weighted by Gasteiger charge is -2.24. The van der Waals surface area contributed by atoms with Gasteiger partial charge in [0, 0.05) is 26.2 Å². The Kier molecular flexibility index (Phi) is 6.61. The number of rotatable bonds is 6. The summed E-state index contributed by atoms with van der Waals surface area (Å²) < 4.78 is 5.39. The third-order valence-electron chi connectivity index (χ3n) is 4.31. The molecule has 1 aliphatic heterocycles. The molecule has 0 saturated carbocycles. The average molecular weight is 333 g/mol. The van der Waals surface area contributed by atoms with Crippen LogP contribution in [0.25, 0.3) is 0 Å². The van der Waals surface area contributed by atoms with Gasteiger partial charge in [-0.1, -0.05) is 30.3 Å². The van der Waals surface area contributed by atoms with E-state index >= 15 is 0 Å². The Morgan fingerprint density at radius 3 is 2.71 bits per heavy atom. The number of likely N-dealkylation sites (tertiary alicyclic amines) is 1. The molecule has 24 heavy (non-hydrogen) atoms. The molecule has 6 nitrogen and oxygen atoms in total. The van der Waals surface area contributed by atoms with Crippen molar-refractivity contribution in [2.24, 2.45) is 11.7 Å². The Morgan fingerprint density at radius 1 is 1.38 bits per heavy atom. The van der Waals surface area contributed by atoms with E-state index in [4.69, 9.17) is 10.5 Å². The second-order valence-electron chi connectivity index (χ2n) is 6.31. The van der Waals surface area contributed by atoms with Crippen LogP contribution in [0.4, 0.5) is 4.79 Å². The molecule has 6 heteroatoms. The maximum absolute atomic E-state index is 12.3. The highest BCUT2D eigenvalue weighted by Gasteiger charge is 2.30. The van der Waals surface area contributed by atoms with E-state index in [9.17, 15) is 9.59 Å². The van der Waals surface area contributed by atoms with Crippen LogP contribution in [0.2, 0.25) is 0 Å². The van der Waals surface area contributed by atoms with Crippen molar-refractivity contribution in [1.82, 2.24) is 9.80 Å². The first-order chi connectivity index (χ1) is 11.5. The van der Waals surface area contributed by atoms with Gasteiger partial charge in [0.05, 0.1) is 6.04 Å². The predicted molar refractivity (Wildman–Crippen MR) is 92.2 cm³/mol. The van der Waals surface area contributed by atoms with Crippen molar-refractivity contribution in [3.63, 3.8) is 0 Å². The highest BCUT2D eigenvalue weighted by molar-refractivity contribution is 5.81. The molecule has 1 aromatic rings. The largest absolute Gasteiger partial charge is 0.445 e. The summed E-state index contributed by atoms with van der Waals surface area (Å²) in [5.41, 5.74) is 6.62. The van der Waals surface area contributed by atoms with Crippen molar-refractivity contribution in [2.75, 3.05) is 26.2 Å². The number of hydrogen-bond donors (Lipinski definition) is 1. The van der Waals surface area contributed by atoms with Crippen molar-refractivity contribution in [1.29, 1.82) is 0 Å². The second kappa shape index (κ2) is 8.68. The van der Waals surface area contributed by atoms with E-state index in [0.717, 1.165) is 12.0 Å². The van der Waals surface area contributed by atoms with Gasteiger partial charge in [-0.3, -0.25) is 4.79 Å². The molecule has 2 atom stereocenters. The maximum Gasteiger partial charge on any atom is 0.410 e. The first-order valence-corrected chi connectivity index (χ1v) is 8.51. The van der Waals surface area contributed by atoms with Gasteiger partial charge in [-0.2, -0.15) is 0 Å². The third-order valence-corrected chi connectivity index (χ3v) is 4.31. The number of benzene rings is 1. The molecule has 1 aliphatic rings. The number of nitrogens with zero attached hydrogens (tertiary/aromatic N) is 2. The lowest BCUT2D eigenvalue weighted by atomic mass is 10.1. The quantitative estimate of drug-likeness (QED) is 0.862. The van der Waals surface area contributed by atoms with Gasteiger partial charge in [0.25, 0.3) is 0 Å². The molecule has 2 amide bonds. The lowest BCUT2D eigenvalue weighted by Crippen LogP contribution is -2.42. The van der Waals surface area contributed by atoms with Gasteiger partial charge in [-0.15, -0.1) is 0 Å². The number of ether oxygens (including phenoxy) is 1. The van der Waals surface area contributed by atoms with E-state index in [2.05, 4.69) is 0 Å². The van der Waals surface area contributed by atoms with E-state index in [0.29, 0.717) is 26.2 Å². The summed E-state index contributed by atoms with van der Waals surface area (Å²) in [6.07, 6.45) is 0.583. The van der Waals surface area contributed by atoms with Gasteiger partial charge in [0.15, 0.2) is 0 Å². The molecule has 132 valence electrons. The number of hydrogen-bond acceptors (Lipinski definition) is 4. The van der Waals surface area contributed by atoms with Crippen LogP contribution in [0.15, 0.2) is 30.3 Å². The van der Waals surface area contributed by atoms with Crippen LogP contribution in [0.1, 0.15) is 25.8 Å². The summed E-state index contributed by atoms with van der Waals surface area (Å²) in [4.78, 5) is 27.7. The summed E-state index contributed by atoms with van der Waals surface area (Å²) in [6, 6.07) is 9.16. The van der Waals surface area contributed by atoms with Gasteiger partial charge in [0.2, 0.25) is 5.91 Å². The molecule has 0 spiro atoms. The van der Waals surface area contributed by atoms with Crippen LogP contribution in [-0.4, -0.2) is 54.0 Å². The first-order valence-electron chi connectivity index (χ1n) is 8.51. The zero-order chi connectivity index (χ0) is 17.5. The minimum Gasteiger partial charge on any atom is -0.445 e. The third kappa shape index (κ3) is 4.96. The van der Waals surface area contributed by atoms with E-state index in [1.165, 1.54) is 0 Å². The Bertz CT molecular complexity index is 548. The number of amides is 2. The Hall–Kier alpha value is -2.08. The summed E-state index contributed by atoms with van der Waals surface area (Å²) in [5, 5.41) is 0. The lowest BCUT2D eigenvalue weighted by molar-refractivity contribution is -0.131. The van der Waals surface area contributed by atoms with Crippen LogP contribution in [0.5, 0.6) is 0 Å². The molecular weight excluding hydrogens is 306 g/mol. The molecule has 2 rings (SSSR count). The molecule has 0 bridgehead atoms. The number of carbonyl (C=O) groups is 2. The van der Waals surface area contributed by atoms with Gasteiger partial charge >= 0.3 is 6.09 Å². The van der Waals surface area contributed by atoms with Crippen LogP contribution in [0, 0.1) is 5.92 Å². The Labute approximate surface area is 143 Å². The topological polar surface area (TPSA) is 75.9 Å². The molecule has 0 aliphatic carbocycles. The van der Waals surface area contributed by atoms with E-state index < -0.39 is 6.04 Å². The SMILES string of the molecule is CCN(C[C@H]1CCN(C(=O)[C@H](C)N)C1)C(=O)OCc1ccccc1. The van der Waals surface area contributed by atoms with Crippen molar-refractivity contribution in [2.45, 2.75) is 32.9 Å². The summed E-state index contributed by atoms with van der Waals surface area (Å²) >= 11 is 0. The Morgan fingerprint density at radius 2 is 2.08 bits per heavy atom. The summed E-state index contributed by atoms with van der Waals surface area (Å²) in [5.74, 6) is 0.254. The highest BCUT2D eigenvalue weighted by Crippen LogP contribution is 2.18.